The first-order valence-electron chi connectivity index (χ1n) is 7.64. The number of nitrogens with two attached hydrogens (primary N) is 1. The van der Waals surface area contributed by atoms with Crippen molar-refractivity contribution in [3.05, 3.63) is 28.0 Å². The van der Waals surface area contributed by atoms with E-state index in [1.807, 2.05) is 19.9 Å². The molecule has 0 fully saturated rings. The van der Waals surface area contributed by atoms with Crippen molar-refractivity contribution in [3.63, 3.8) is 0 Å². The highest BCUT2D eigenvalue weighted by molar-refractivity contribution is 7.18. The van der Waals surface area contributed by atoms with Crippen LogP contribution in [0.1, 0.15) is 35.3 Å². The molecule has 0 radical (unpaired) electrons. The molecule has 0 bridgehead atoms. The van der Waals surface area contributed by atoms with Crippen molar-refractivity contribution in [3.8, 4) is 5.82 Å². The molecule has 0 saturated heterocycles. The Bertz CT molecular complexity index is 876. The second-order valence-corrected chi connectivity index (χ2v) is 7.33. The number of hydrogen-bond donors (Lipinski definition) is 1. The van der Waals surface area contributed by atoms with Gasteiger partial charge < -0.3 is 5.73 Å². The molecule has 0 aliphatic heterocycles. The lowest BCUT2D eigenvalue weighted by Crippen LogP contribution is -2.11. The lowest BCUT2D eigenvalue weighted by Gasteiger charge is -2.18. The Kier molecular flexibility index (Phi) is 2.97. The number of fused-ring (bicyclic) bond motifs is 3. The molecule has 6 heteroatoms. The Morgan fingerprint density at radius 2 is 2.14 bits per heavy atom. The van der Waals surface area contributed by atoms with Gasteiger partial charge in [0.05, 0.1) is 11.1 Å². The maximum atomic E-state index is 6.12. The highest BCUT2D eigenvalue weighted by Crippen LogP contribution is 2.39. The van der Waals surface area contributed by atoms with Crippen LogP contribution in [0, 0.1) is 19.8 Å². The third kappa shape index (κ3) is 2.01. The number of aromatic nitrogens is 4. The zero-order valence-corrected chi connectivity index (χ0v) is 13.9. The van der Waals surface area contributed by atoms with Crippen LogP contribution in [0.4, 0.5) is 5.82 Å². The van der Waals surface area contributed by atoms with E-state index in [1.165, 1.54) is 16.9 Å². The number of thiophene rings is 1. The van der Waals surface area contributed by atoms with Crippen LogP contribution in [0.15, 0.2) is 6.07 Å². The predicted octanol–water partition coefficient (Wildman–Crippen LogP) is 3.20. The molecule has 4 rings (SSSR count). The van der Waals surface area contributed by atoms with Gasteiger partial charge in [0.2, 0.25) is 0 Å². The first kappa shape index (κ1) is 13.7. The number of rotatable bonds is 1. The normalized spacial score (nSPS) is 17.9. The summed E-state index contributed by atoms with van der Waals surface area (Å²) in [6.07, 6.45) is 3.46. The fourth-order valence-corrected chi connectivity index (χ4v) is 4.69. The van der Waals surface area contributed by atoms with Crippen LogP contribution < -0.4 is 5.73 Å². The standard InChI is InChI=1S/C16H19N5S/c1-8-4-5-11-12(6-8)22-16-14(11)15(18-10(3)19-16)21-13(17)7-9(2)20-21/h7-8H,4-6,17H2,1-3H3/t8-/m1/s1. The number of anilines is 1. The second kappa shape index (κ2) is 4.78. The molecule has 1 aliphatic carbocycles. The minimum atomic E-state index is 0.626. The van der Waals surface area contributed by atoms with Crippen molar-refractivity contribution in [2.24, 2.45) is 5.92 Å². The zero-order valence-electron chi connectivity index (χ0n) is 13.1. The molecule has 0 aromatic carbocycles. The van der Waals surface area contributed by atoms with E-state index in [2.05, 4.69) is 22.0 Å². The highest BCUT2D eigenvalue weighted by Gasteiger charge is 2.24. The maximum absolute atomic E-state index is 6.12. The molecule has 2 N–H and O–H groups in total. The van der Waals surface area contributed by atoms with Gasteiger partial charge in [-0.1, -0.05) is 6.92 Å². The van der Waals surface area contributed by atoms with Gasteiger partial charge in [-0.15, -0.1) is 11.3 Å². The van der Waals surface area contributed by atoms with Gasteiger partial charge in [0.1, 0.15) is 16.5 Å². The molecule has 0 unspecified atom stereocenters. The second-order valence-electron chi connectivity index (χ2n) is 6.25. The van der Waals surface area contributed by atoms with Crippen molar-refractivity contribution in [2.45, 2.75) is 40.0 Å². The van der Waals surface area contributed by atoms with Gasteiger partial charge in [0.25, 0.3) is 0 Å². The van der Waals surface area contributed by atoms with E-state index in [-0.39, 0.29) is 0 Å². The first-order chi connectivity index (χ1) is 10.5. The van der Waals surface area contributed by atoms with Gasteiger partial charge in [-0.3, -0.25) is 0 Å². The van der Waals surface area contributed by atoms with Crippen molar-refractivity contribution in [1.82, 2.24) is 19.7 Å². The van der Waals surface area contributed by atoms with Crippen molar-refractivity contribution >= 4 is 27.4 Å². The van der Waals surface area contributed by atoms with Crippen LogP contribution in [0.3, 0.4) is 0 Å². The number of nitrogen functional groups attached to an aromatic ring is 1. The molecule has 114 valence electrons. The summed E-state index contributed by atoms with van der Waals surface area (Å²) in [6, 6.07) is 1.88. The smallest absolute Gasteiger partial charge is 0.168 e. The maximum Gasteiger partial charge on any atom is 0.168 e. The Morgan fingerprint density at radius 3 is 2.86 bits per heavy atom. The third-order valence-corrected chi connectivity index (χ3v) is 5.46. The number of nitrogens with zero attached hydrogens (tertiary/aromatic N) is 4. The summed E-state index contributed by atoms with van der Waals surface area (Å²) >= 11 is 1.81. The Morgan fingerprint density at radius 1 is 1.32 bits per heavy atom. The van der Waals surface area contributed by atoms with Crippen molar-refractivity contribution in [2.75, 3.05) is 5.73 Å². The molecule has 0 amide bonds. The lowest BCUT2D eigenvalue weighted by atomic mass is 9.89. The van der Waals surface area contributed by atoms with E-state index >= 15 is 0 Å². The van der Waals surface area contributed by atoms with Crippen LogP contribution >= 0.6 is 11.3 Å². The molecule has 0 saturated carbocycles. The summed E-state index contributed by atoms with van der Waals surface area (Å²) in [5.74, 6) is 2.97. The Hall–Kier alpha value is -1.95. The average Bonchev–Trinajstić information content (AvgIpc) is 2.96. The van der Waals surface area contributed by atoms with Crippen LogP contribution in [0.5, 0.6) is 0 Å². The lowest BCUT2D eigenvalue weighted by molar-refractivity contribution is 0.509. The molecule has 3 aromatic heterocycles. The van der Waals surface area contributed by atoms with Crippen molar-refractivity contribution in [1.29, 1.82) is 0 Å². The number of aryl methyl sites for hydroxylation is 3. The highest BCUT2D eigenvalue weighted by atomic mass is 32.1. The van der Waals surface area contributed by atoms with Crippen molar-refractivity contribution < 1.29 is 0 Å². The van der Waals surface area contributed by atoms with E-state index in [9.17, 15) is 0 Å². The third-order valence-electron chi connectivity index (χ3n) is 4.31. The summed E-state index contributed by atoms with van der Waals surface area (Å²) in [5, 5.41) is 5.67. The fourth-order valence-electron chi connectivity index (χ4n) is 3.27. The topological polar surface area (TPSA) is 69.6 Å². The molecular weight excluding hydrogens is 294 g/mol. The van der Waals surface area contributed by atoms with Crippen LogP contribution in [0.2, 0.25) is 0 Å². The largest absolute Gasteiger partial charge is 0.384 e. The van der Waals surface area contributed by atoms with E-state index in [0.717, 1.165) is 46.3 Å². The molecule has 22 heavy (non-hydrogen) atoms. The van der Waals surface area contributed by atoms with Gasteiger partial charge in [-0.2, -0.15) is 9.78 Å². The Labute approximate surface area is 133 Å². The van der Waals surface area contributed by atoms with Gasteiger partial charge >= 0.3 is 0 Å². The van der Waals surface area contributed by atoms with Gasteiger partial charge in [0.15, 0.2) is 5.82 Å². The molecule has 0 spiro atoms. The van der Waals surface area contributed by atoms with Gasteiger partial charge in [0, 0.05) is 10.9 Å². The average molecular weight is 313 g/mol. The molecule has 1 aliphatic rings. The summed E-state index contributed by atoms with van der Waals surface area (Å²) < 4.78 is 1.76. The monoisotopic (exact) mass is 313 g/mol. The quantitative estimate of drug-likeness (QED) is 0.749. The predicted molar refractivity (Wildman–Crippen MR) is 89.6 cm³/mol. The van der Waals surface area contributed by atoms with E-state index in [4.69, 9.17) is 5.73 Å². The minimum absolute atomic E-state index is 0.626. The van der Waals surface area contributed by atoms with Gasteiger partial charge in [-0.05, 0) is 44.6 Å². The van der Waals surface area contributed by atoms with Crippen LogP contribution in [-0.4, -0.2) is 19.7 Å². The summed E-state index contributed by atoms with van der Waals surface area (Å²) in [4.78, 5) is 11.8. The molecule has 1 atom stereocenters. The zero-order chi connectivity index (χ0) is 15.4. The molecular formula is C16H19N5S. The van der Waals surface area contributed by atoms with E-state index in [1.54, 1.807) is 16.0 Å². The van der Waals surface area contributed by atoms with E-state index in [0.29, 0.717) is 5.82 Å². The van der Waals surface area contributed by atoms with Crippen LogP contribution in [0.25, 0.3) is 16.0 Å². The van der Waals surface area contributed by atoms with Crippen LogP contribution in [-0.2, 0) is 12.8 Å². The SMILES string of the molecule is Cc1cc(N)n(-c2nc(C)nc3sc4c(c23)CC[C@@H](C)C4)n1. The van der Waals surface area contributed by atoms with E-state index < -0.39 is 0 Å². The molecule has 5 nitrogen and oxygen atoms in total. The minimum Gasteiger partial charge on any atom is -0.384 e. The summed E-state index contributed by atoms with van der Waals surface area (Å²) in [7, 11) is 0. The summed E-state index contributed by atoms with van der Waals surface area (Å²) in [5.41, 5.74) is 8.43. The summed E-state index contributed by atoms with van der Waals surface area (Å²) in [6.45, 7) is 6.19. The molecule has 3 aromatic rings. The number of hydrogen-bond acceptors (Lipinski definition) is 5. The van der Waals surface area contributed by atoms with Gasteiger partial charge in [-0.25, -0.2) is 9.97 Å². The molecule has 3 heterocycles. The fraction of sp³-hybridized carbons (Fsp3) is 0.438. The Balaban J connectivity index is 2.04. The first-order valence-corrected chi connectivity index (χ1v) is 8.46.